The van der Waals surface area contributed by atoms with Gasteiger partial charge in [0.25, 0.3) is 0 Å². The molecule has 1 heterocycles. The highest BCUT2D eigenvalue weighted by Crippen LogP contribution is 2.19. The molecule has 2 amide bonds. The first-order chi connectivity index (χ1) is 13.2. The lowest BCUT2D eigenvalue weighted by molar-refractivity contribution is 0.0680. The summed E-state index contributed by atoms with van der Waals surface area (Å²) in [5.41, 5.74) is 1.82. The Hall–Kier alpha value is -2.73. The number of amides is 2. The number of rotatable bonds is 8. The lowest BCUT2D eigenvalue weighted by atomic mass is 10.2. The quantitative estimate of drug-likeness (QED) is 0.695. The summed E-state index contributed by atoms with van der Waals surface area (Å²) in [5, 5.41) is 5.58. The van der Waals surface area contributed by atoms with Crippen LogP contribution in [0, 0.1) is 6.92 Å². The van der Waals surface area contributed by atoms with Crippen LogP contribution in [0.2, 0.25) is 0 Å². The number of carbonyl (C=O) groups excluding carboxylic acids is 1. The molecule has 1 saturated heterocycles. The first-order valence-electron chi connectivity index (χ1n) is 9.28. The van der Waals surface area contributed by atoms with Crippen LogP contribution in [0.1, 0.15) is 18.4 Å². The number of hydrogen-bond donors (Lipinski definition) is 2. The highest BCUT2D eigenvalue weighted by Gasteiger charge is 2.16. The van der Waals surface area contributed by atoms with E-state index < -0.39 is 0 Å². The third-order valence-corrected chi connectivity index (χ3v) is 4.20. The molecule has 2 N–H and O–H groups in total. The molecule has 0 spiro atoms. The van der Waals surface area contributed by atoms with E-state index in [1.807, 2.05) is 49.4 Å². The molecule has 0 bridgehead atoms. The molecule has 1 aliphatic heterocycles. The van der Waals surface area contributed by atoms with E-state index in [0.717, 1.165) is 30.8 Å². The molecular weight excluding hydrogens is 344 g/mol. The number of nitrogens with one attached hydrogen (secondary N) is 2. The minimum atomic E-state index is -0.279. The topological polar surface area (TPSA) is 68.8 Å². The van der Waals surface area contributed by atoms with Crippen LogP contribution in [0.3, 0.4) is 0 Å². The number of carbonyl (C=O) groups is 1. The van der Waals surface area contributed by atoms with E-state index in [9.17, 15) is 4.79 Å². The van der Waals surface area contributed by atoms with Gasteiger partial charge in [-0.2, -0.15) is 0 Å². The van der Waals surface area contributed by atoms with Crippen LogP contribution < -0.4 is 20.1 Å². The maximum atomic E-state index is 12.0. The lowest BCUT2D eigenvalue weighted by Gasteiger charge is -2.13. The summed E-state index contributed by atoms with van der Waals surface area (Å²) in [6.45, 7) is 4.17. The summed E-state index contributed by atoms with van der Waals surface area (Å²) in [5.74, 6) is 1.51. The van der Waals surface area contributed by atoms with E-state index in [1.54, 1.807) is 6.07 Å². The molecule has 2 aromatic rings. The smallest absolute Gasteiger partial charge is 0.319 e. The van der Waals surface area contributed by atoms with E-state index in [0.29, 0.717) is 31.2 Å². The summed E-state index contributed by atoms with van der Waals surface area (Å²) >= 11 is 0. The maximum absolute atomic E-state index is 12.0. The van der Waals surface area contributed by atoms with Crippen LogP contribution in [0.5, 0.6) is 11.5 Å². The largest absolute Gasteiger partial charge is 0.492 e. The van der Waals surface area contributed by atoms with Gasteiger partial charge in [0.1, 0.15) is 24.7 Å². The van der Waals surface area contributed by atoms with Crippen LogP contribution in [-0.4, -0.2) is 38.5 Å². The Bertz CT molecular complexity index is 744. The van der Waals surface area contributed by atoms with Gasteiger partial charge in [-0.3, -0.25) is 0 Å². The normalized spacial score (nSPS) is 16.0. The molecule has 3 rings (SSSR count). The first kappa shape index (κ1) is 19.0. The van der Waals surface area contributed by atoms with Crippen molar-refractivity contribution in [2.75, 3.05) is 31.7 Å². The van der Waals surface area contributed by atoms with Crippen molar-refractivity contribution in [1.82, 2.24) is 5.32 Å². The summed E-state index contributed by atoms with van der Waals surface area (Å²) in [6, 6.07) is 14.9. The van der Waals surface area contributed by atoms with Crippen LogP contribution >= 0.6 is 0 Å². The van der Waals surface area contributed by atoms with Gasteiger partial charge < -0.3 is 24.8 Å². The Morgan fingerprint density at radius 2 is 1.96 bits per heavy atom. The second-order valence-electron chi connectivity index (χ2n) is 6.52. The number of aryl methyl sites for hydroxylation is 1. The minimum absolute atomic E-state index is 0.165. The standard InChI is InChI=1S/C21H26N2O4/c1-16-5-2-7-18(13-16)26-12-10-22-21(24)23-17-6-3-8-19(14-17)27-15-20-9-4-11-25-20/h2-3,5-8,13-14,20H,4,9-12,15H2,1H3,(H2,22,23,24). The average Bonchev–Trinajstić information content (AvgIpc) is 3.18. The molecule has 1 atom stereocenters. The summed E-state index contributed by atoms with van der Waals surface area (Å²) < 4.78 is 16.9. The van der Waals surface area contributed by atoms with Gasteiger partial charge in [-0.25, -0.2) is 4.79 Å². The molecule has 2 aromatic carbocycles. The van der Waals surface area contributed by atoms with Gasteiger partial charge in [0.15, 0.2) is 0 Å². The van der Waals surface area contributed by atoms with Crippen molar-refractivity contribution in [3.05, 3.63) is 54.1 Å². The zero-order valence-corrected chi connectivity index (χ0v) is 15.6. The van der Waals surface area contributed by atoms with Gasteiger partial charge in [-0.15, -0.1) is 0 Å². The second kappa shape index (κ2) is 9.83. The van der Waals surface area contributed by atoms with Crippen molar-refractivity contribution in [2.24, 2.45) is 0 Å². The van der Waals surface area contributed by atoms with E-state index in [4.69, 9.17) is 14.2 Å². The Morgan fingerprint density at radius 1 is 1.15 bits per heavy atom. The van der Waals surface area contributed by atoms with E-state index >= 15 is 0 Å². The number of hydrogen-bond acceptors (Lipinski definition) is 4. The summed E-state index contributed by atoms with van der Waals surface area (Å²) in [6.07, 6.45) is 2.28. The molecule has 6 heteroatoms. The predicted molar refractivity (Wildman–Crippen MR) is 105 cm³/mol. The second-order valence-corrected chi connectivity index (χ2v) is 6.52. The van der Waals surface area contributed by atoms with Crippen molar-refractivity contribution in [3.8, 4) is 11.5 Å². The third-order valence-electron chi connectivity index (χ3n) is 4.20. The van der Waals surface area contributed by atoms with Crippen molar-refractivity contribution < 1.29 is 19.0 Å². The molecule has 1 aliphatic rings. The van der Waals surface area contributed by atoms with Crippen LogP contribution in [0.15, 0.2) is 48.5 Å². The summed E-state index contributed by atoms with van der Waals surface area (Å²) in [7, 11) is 0. The number of benzene rings is 2. The van der Waals surface area contributed by atoms with Gasteiger partial charge in [-0.1, -0.05) is 18.2 Å². The zero-order valence-electron chi connectivity index (χ0n) is 15.6. The molecule has 0 aromatic heterocycles. The molecule has 0 aliphatic carbocycles. The Labute approximate surface area is 159 Å². The maximum Gasteiger partial charge on any atom is 0.319 e. The van der Waals surface area contributed by atoms with E-state index in [2.05, 4.69) is 10.6 Å². The molecule has 6 nitrogen and oxygen atoms in total. The number of urea groups is 1. The van der Waals surface area contributed by atoms with E-state index in [1.165, 1.54) is 0 Å². The van der Waals surface area contributed by atoms with Crippen LogP contribution in [0.4, 0.5) is 10.5 Å². The third kappa shape index (κ3) is 6.49. The Kier molecular flexibility index (Phi) is 6.93. The minimum Gasteiger partial charge on any atom is -0.492 e. The predicted octanol–water partition coefficient (Wildman–Crippen LogP) is 3.75. The number of anilines is 1. The summed E-state index contributed by atoms with van der Waals surface area (Å²) in [4.78, 5) is 12.0. The fourth-order valence-electron chi connectivity index (χ4n) is 2.84. The molecule has 0 radical (unpaired) electrons. The molecular formula is C21H26N2O4. The zero-order chi connectivity index (χ0) is 18.9. The fourth-order valence-corrected chi connectivity index (χ4v) is 2.84. The molecule has 1 unspecified atom stereocenters. The van der Waals surface area contributed by atoms with Crippen LogP contribution in [-0.2, 0) is 4.74 Å². The van der Waals surface area contributed by atoms with Crippen LogP contribution in [0.25, 0.3) is 0 Å². The highest BCUT2D eigenvalue weighted by molar-refractivity contribution is 5.89. The molecule has 27 heavy (non-hydrogen) atoms. The first-order valence-corrected chi connectivity index (χ1v) is 9.28. The van der Waals surface area contributed by atoms with Crippen molar-refractivity contribution in [1.29, 1.82) is 0 Å². The van der Waals surface area contributed by atoms with Gasteiger partial charge in [-0.05, 0) is 49.6 Å². The number of ether oxygens (including phenoxy) is 3. The van der Waals surface area contributed by atoms with Crippen molar-refractivity contribution in [2.45, 2.75) is 25.9 Å². The lowest BCUT2D eigenvalue weighted by Crippen LogP contribution is -2.32. The SMILES string of the molecule is Cc1cccc(OCCNC(=O)Nc2cccc(OCC3CCCO3)c2)c1. The van der Waals surface area contributed by atoms with Gasteiger partial charge in [0.2, 0.25) is 0 Å². The van der Waals surface area contributed by atoms with Gasteiger partial charge in [0.05, 0.1) is 12.6 Å². The molecule has 1 fully saturated rings. The Balaban J connectivity index is 1.37. The molecule has 0 saturated carbocycles. The van der Waals surface area contributed by atoms with Gasteiger partial charge in [0, 0.05) is 18.4 Å². The van der Waals surface area contributed by atoms with Gasteiger partial charge >= 0.3 is 6.03 Å². The monoisotopic (exact) mass is 370 g/mol. The van der Waals surface area contributed by atoms with E-state index in [-0.39, 0.29) is 12.1 Å². The van der Waals surface area contributed by atoms with Crippen molar-refractivity contribution in [3.63, 3.8) is 0 Å². The fraction of sp³-hybridized carbons (Fsp3) is 0.381. The van der Waals surface area contributed by atoms with Crippen molar-refractivity contribution >= 4 is 11.7 Å². The highest BCUT2D eigenvalue weighted by atomic mass is 16.5. The average molecular weight is 370 g/mol. The molecule has 144 valence electrons. The Morgan fingerprint density at radius 3 is 2.74 bits per heavy atom.